The van der Waals surface area contributed by atoms with E-state index in [2.05, 4.69) is 20.8 Å². The van der Waals surface area contributed by atoms with Crippen LogP contribution >= 0.6 is 15.9 Å². The first-order valence-corrected chi connectivity index (χ1v) is 7.77. The number of benzene rings is 1. The molecule has 1 aromatic carbocycles. The van der Waals surface area contributed by atoms with Crippen molar-refractivity contribution in [3.8, 4) is 5.75 Å². The topological polar surface area (TPSA) is 75.8 Å². The van der Waals surface area contributed by atoms with Gasteiger partial charge in [0.05, 0.1) is 19.1 Å². The number of primary amides is 1. The van der Waals surface area contributed by atoms with Crippen LogP contribution in [0.1, 0.15) is 24.8 Å². The van der Waals surface area contributed by atoms with Gasteiger partial charge in [0.15, 0.2) is 0 Å². The average Bonchev–Trinajstić information content (AvgIpc) is 2.40. The molecule has 1 aliphatic heterocycles. The number of hydrogen-bond acceptors (Lipinski definition) is 4. The third-order valence-corrected chi connectivity index (χ3v) is 4.56. The van der Waals surface area contributed by atoms with E-state index in [0.29, 0.717) is 19.5 Å². The van der Waals surface area contributed by atoms with E-state index in [9.17, 15) is 9.90 Å². The fourth-order valence-corrected chi connectivity index (χ4v) is 3.22. The second kappa shape index (κ2) is 6.77. The Hall–Kier alpha value is -1.11. The molecule has 1 heterocycles. The van der Waals surface area contributed by atoms with Gasteiger partial charge < -0.3 is 15.6 Å². The molecule has 1 unspecified atom stereocenters. The number of piperidine rings is 1. The quantitative estimate of drug-likeness (QED) is 0.841. The Balaban J connectivity index is 2.07. The van der Waals surface area contributed by atoms with Crippen molar-refractivity contribution in [2.45, 2.75) is 31.4 Å². The predicted molar refractivity (Wildman–Crippen MR) is 84.0 cm³/mol. The van der Waals surface area contributed by atoms with Gasteiger partial charge in [-0.2, -0.15) is 0 Å². The zero-order chi connectivity index (χ0) is 15.5. The third-order valence-electron chi connectivity index (χ3n) is 3.78. The van der Waals surface area contributed by atoms with Crippen LogP contribution in [-0.4, -0.2) is 41.7 Å². The fraction of sp³-hybridized carbons (Fsp3) is 0.533. The van der Waals surface area contributed by atoms with Crippen molar-refractivity contribution in [1.82, 2.24) is 4.90 Å². The van der Waals surface area contributed by atoms with Crippen LogP contribution in [0.4, 0.5) is 0 Å². The summed E-state index contributed by atoms with van der Waals surface area (Å²) in [6.07, 6.45) is 1.49. The number of nitrogens with zero attached hydrogens (tertiary/aromatic N) is 1. The number of carbonyl (C=O) groups is 1. The Bertz CT molecular complexity index is 524. The van der Waals surface area contributed by atoms with Gasteiger partial charge in [-0.3, -0.25) is 9.69 Å². The largest absolute Gasteiger partial charge is 0.497 e. The second-order valence-electron chi connectivity index (χ2n) is 5.64. The van der Waals surface area contributed by atoms with E-state index in [4.69, 9.17) is 10.5 Å². The summed E-state index contributed by atoms with van der Waals surface area (Å²) in [7, 11) is 1.64. The second-order valence-corrected chi connectivity index (χ2v) is 6.49. The number of aliphatic hydroxyl groups is 1. The zero-order valence-electron chi connectivity index (χ0n) is 12.1. The third kappa shape index (κ3) is 4.43. The number of carbonyl (C=O) groups excluding carboxylic acids is 1. The van der Waals surface area contributed by atoms with Crippen molar-refractivity contribution in [3.63, 3.8) is 0 Å². The van der Waals surface area contributed by atoms with E-state index in [1.54, 1.807) is 7.11 Å². The van der Waals surface area contributed by atoms with Crippen molar-refractivity contribution < 1.29 is 14.6 Å². The number of likely N-dealkylation sites (tertiary alicyclic amines) is 1. The van der Waals surface area contributed by atoms with Crippen LogP contribution in [0.3, 0.4) is 0 Å². The smallest absolute Gasteiger partial charge is 0.220 e. The van der Waals surface area contributed by atoms with E-state index in [-0.39, 0.29) is 6.42 Å². The highest BCUT2D eigenvalue weighted by Gasteiger charge is 2.34. The molecule has 0 radical (unpaired) electrons. The molecule has 1 atom stereocenters. The highest BCUT2D eigenvalue weighted by molar-refractivity contribution is 9.10. The van der Waals surface area contributed by atoms with E-state index in [1.807, 2.05) is 18.2 Å². The van der Waals surface area contributed by atoms with Gasteiger partial charge in [-0.1, -0.05) is 15.9 Å². The molecule has 1 saturated heterocycles. The molecule has 0 aliphatic carbocycles. The monoisotopic (exact) mass is 356 g/mol. The molecule has 0 spiro atoms. The van der Waals surface area contributed by atoms with E-state index >= 15 is 0 Å². The first-order valence-electron chi connectivity index (χ1n) is 6.97. The van der Waals surface area contributed by atoms with Crippen LogP contribution in [0.15, 0.2) is 22.7 Å². The van der Waals surface area contributed by atoms with Gasteiger partial charge in [0.2, 0.25) is 5.91 Å². The first-order chi connectivity index (χ1) is 9.92. The van der Waals surface area contributed by atoms with Gasteiger partial charge in [-0.15, -0.1) is 0 Å². The number of methoxy groups -OCH3 is 1. The van der Waals surface area contributed by atoms with Crippen molar-refractivity contribution in [3.05, 3.63) is 28.2 Å². The van der Waals surface area contributed by atoms with Crippen LogP contribution in [-0.2, 0) is 11.3 Å². The Kier molecular flexibility index (Phi) is 5.24. The molecule has 3 N–H and O–H groups in total. The van der Waals surface area contributed by atoms with Crippen molar-refractivity contribution in [2.75, 3.05) is 20.2 Å². The maximum Gasteiger partial charge on any atom is 0.220 e. The molecule has 5 nitrogen and oxygen atoms in total. The first kappa shape index (κ1) is 16.3. The highest BCUT2D eigenvalue weighted by Crippen LogP contribution is 2.28. The Morgan fingerprint density at radius 3 is 3.00 bits per heavy atom. The summed E-state index contributed by atoms with van der Waals surface area (Å²) < 4.78 is 6.25. The molecular weight excluding hydrogens is 336 g/mol. The Morgan fingerprint density at radius 2 is 2.33 bits per heavy atom. The number of rotatable bonds is 5. The molecule has 1 aromatic rings. The van der Waals surface area contributed by atoms with Crippen LogP contribution in [0.25, 0.3) is 0 Å². The van der Waals surface area contributed by atoms with Crippen molar-refractivity contribution in [2.24, 2.45) is 5.73 Å². The number of nitrogens with two attached hydrogens (primary N) is 1. The number of ether oxygens (including phenoxy) is 1. The van der Waals surface area contributed by atoms with Crippen molar-refractivity contribution >= 4 is 21.8 Å². The molecule has 116 valence electrons. The molecule has 0 bridgehead atoms. The van der Waals surface area contributed by atoms with Gasteiger partial charge in [0, 0.05) is 17.6 Å². The molecule has 1 amide bonds. The number of hydrogen-bond donors (Lipinski definition) is 2. The molecule has 2 rings (SSSR count). The SMILES string of the molecule is COc1ccc(Br)c(CN2CCCC(O)(CC(N)=O)C2)c1. The van der Waals surface area contributed by atoms with Gasteiger partial charge in [-0.25, -0.2) is 0 Å². The highest BCUT2D eigenvalue weighted by atomic mass is 79.9. The molecule has 1 aliphatic rings. The van der Waals surface area contributed by atoms with Gasteiger partial charge in [0.25, 0.3) is 0 Å². The van der Waals surface area contributed by atoms with Gasteiger partial charge in [0.1, 0.15) is 5.75 Å². The van der Waals surface area contributed by atoms with E-state index in [1.165, 1.54) is 0 Å². The summed E-state index contributed by atoms with van der Waals surface area (Å²) in [6.45, 7) is 2.04. The number of halogens is 1. The molecule has 0 saturated carbocycles. The maximum atomic E-state index is 11.1. The average molecular weight is 357 g/mol. The fourth-order valence-electron chi connectivity index (χ4n) is 2.85. The lowest BCUT2D eigenvalue weighted by atomic mass is 9.89. The molecular formula is C15H21BrN2O3. The lowest BCUT2D eigenvalue weighted by molar-refractivity contribution is -0.125. The zero-order valence-corrected chi connectivity index (χ0v) is 13.7. The summed E-state index contributed by atoms with van der Waals surface area (Å²) in [6, 6.07) is 5.83. The van der Waals surface area contributed by atoms with Gasteiger partial charge in [-0.05, 0) is 43.1 Å². The molecule has 21 heavy (non-hydrogen) atoms. The number of amides is 1. The maximum absolute atomic E-state index is 11.1. The van der Waals surface area contributed by atoms with Crippen molar-refractivity contribution in [1.29, 1.82) is 0 Å². The normalized spacial score (nSPS) is 23.0. The van der Waals surface area contributed by atoms with Crippen LogP contribution in [0.2, 0.25) is 0 Å². The lowest BCUT2D eigenvalue weighted by Gasteiger charge is -2.38. The number of β-amino-alcohol motifs (C(OH)–C–C–N with tert-alkyl or cyclic N) is 1. The minimum atomic E-state index is -1.00. The molecule has 1 fully saturated rings. The van der Waals surface area contributed by atoms with Crippen LogP contribution in [0, 0.1) is 0 Å². The summed E-state index contributed by atoms with van der Waals surface area (Å²) >= 11 is 3.54. The van der Waals surface area contributed by atoms with Crippen LogP contribution < -0.4 is 10.5 Å². The molecule has 0 aromatic heterocycles. The Labute approximate surface area is 133 Å². The minimum Gasteiger partial charge on any atom is -0.497 e. The summed E-state index contributed by atoms with van der Waals surface area (Å²) in [5, 5.41) is 10.5. The summed E-state index contributed by atoms with van der Waals surface area (Å²) in [5.41, 5.74) is 5.32. The van der Waals surface area contributed by atoms with E-state index in [0.717, 1.165) is 28.8 Å². The standard InChI is InChI=1S/C15H21BrN2O3/c1-21-12-3-4-13(16)11(7-12)9-18-6-2-5-15(20,10-18)8-14(17)19/h3-4,7,20H,2,5-6,8-10H2,1H3,(H2,17,19). The minimum absolute atomic E-state index is 0.0166. The summed E-state index contributed by atoms with van der Waals surface area (Å²) in [4.78, 5) is 13.2. The van der Waals surface area contributed by atoms with Gasteiger partial charge >= 0.3 is 0 Å². The lowest BCUT2D eigenvalue weighted by Crippen LogP contribution is -2.49. The summed E-state index contributed by atoms with van der Waals surface area (Å²) in [5.74, 6) is 0.347. The Morgan fingerprint density at radius 1 is 1.57 bits per heavy atom. The van der Waals surface area contributed by atoms with E-state index < -0.39 is 11.5 Å². The van der Waals surface area contributed by atoms with Crippen LogP contribution in [0.5, 0.6) is 5.75 Å². The predicted octanol–water partition coefficient (Wildman–Crippen LogP) is 1.66. The molecule has 6 heteroatoms.